The van der Waals surface area contributed by atoms with Crippen LogP contribution in [-0.2, 0) is 4.84 Å². The van der Waals surface area contributed by atoms with E-state index in [2.05, 4.69) is 11.6 Å². The van der Waals surface area contributed by atoms with Crippen LogP contribution in [0.4, 0.5) is 0 Å². The van der Waals surface area contributed by atoms with Gasteiger partial charge in [0, 0.05) is 5.70 Å². The van der Waals surface area contributed by atoms with Crippen molar-refractivity contribution in [1.82, 2.24) is 5.48 Å². The minimum absolute atomic E-state index is 1.15. The monoisotopic (exact) mass is 141 g/mol. The van der Waals surface area contributed by atoms with E-state index in [1.807, 2.05) is 0 Å². The highest BCUT2D eigenvalue weighted by Gasteiger charge is 2.00. The molecular formula is C8H15NO. The highest BCUT2D eigenvalue weighted by atomic mass is 16.6. The van der Waals surface area contributed by atoms with Gasteiger partial charge >= 0.3 is 0 Å². The van der Waals surface area contributed by atoms with E-state index in [4.69, 9.17) is 4.84 Å². The molecule has 0 aromatic rings. The molecule has 0 aromatic heterocycles. The number of hydroxylamine groups is 1. The van der Waals surface area contributed by atoms with E-state index in [0.29, 0.717) is 0 Å². The van der Waals surface area contributed by atoms with Crippen molar-refractivity contribution in [3.8, 4) is 0 Å². The number of rotatable bonds is 2. The summed E-state index contributed by atoms with van der Waals surface area (Å²) in [6, 6.07) is 0. The van der Waals surface area contributed by atoms with Crippen LogP contribution in [0.3, 0.4) is 0 Å². The lowest BCUT2D eigenvalue weighted by atomic mass is 10.2. The minimum Gasteiger partial charge on any atom is -0.280 e. The van der Waals surface area contributed by atoms with E-state index >= 15 is 0 Å². The fourth-order valence-corrected chi connectivity index (χ4v) is 1.24. The third-order valence-corrected chi connectivity index (χ3v) is 1.77. The zero-order valence-electron chi connectivity index (χ0n) is 6.52. The van der Waals surface area contributed by atoms with Crippen LogP contribution in [0.2, 0.25) is 0 Å². The first-order valence-corrected chi connectivity index (χ1v) is 3.91. The molecule has 2 heteroatoms. The maximum absolute atomic E-state index is 4.82. The van der Waals surface area contributed by atoms with E-state index in [1.165, 1.54) is 31.4 Å². The van der Waals surface area contributed by atoms with Gasteiger partial charge in [-0.25, -0.2) is 0 Å². The van der Waals surface area contributed by atoms with E-state index in [0.717, 1.165) is 6.42 Å². The Morgan fingerprint density at radius 3 is 3.10 bits per heavy atom. The second kappa shape index (κ2) is 4.34. The average molecular weight is 141 g/mol. The van der Waals surface area contributed by atoms with Crippen molar-refractivity contribution in [2.24, 2.45) is 0 Å². The molecule has 0 fully saturated rings. The zero-order chi connectivity index (χ0) is 7.23. The number of allylic oxidation sites excluding steroid dienone is 2. The molecular weight excluding hydrogens is 126 g/mol. The molecule has 58 valence electrons. The topological polar surface area (TPSA) is 21.3 Å². The molecule has 0 atom stereocenters. The van der Waals surface area contributed by atoms with Gasteiger partial charge in [0.05, 0.1) is 7.11 Å². The Labute approximate surface area is 62.2 Å². The highest BCUT2D eigenvalue weighted by molar-refractivity contribution is 4.98. The first-order chi connectivity index (χ1) is 4.93. The van der Waals surface area contributed by atoms with Crippen LogP contribution in [0.15, 0.2) is 11.8 Å². The molecule has 0 aromatic carbocycles. The Hall–Kier alpha value is -0.500. The molecule has 0 heterocycles. The Balaban J connectivity index is 2.31. The summed E-state index contributed by atoms with van der Waals surface area (Å²) in [7, 11) is 1.66. The first kappa shape index (κ1) is 7.61. The Morgan fingerprint density at radius 1 is 1.40 bits per heavy atom. The third-order valence-electron chi connectivity index (χ3n) is 1.77. The lowest BCUT2D eigenvalue weighted by Gasteiger charge is -2.04. The quantitative estimate of drug-likeness (QED) is 0.594. The summed E-state index contributed by atoms with van der Waals surface area (Å²) in [6.45, 7) is 0. The van der Waals surface area contributed by atoms with Gasteiger partial charge in [0.25, 0.3) is 0 Å². The van der Waals surface area contributed by atoms with Crippen LogP contribution in [0, 0.1) is 0 Å². The van der Waals surface area contributed by atoms with Gasteiger partial charge in [0.1, 0.15) is 0 Å². The summed E-state index contributed by atoms with van der Waals surface area (Å²) in [5, 5.41) is 0. The molecule has 0 aliphatic heterocycles. The number of hydrogen-bond acceptors (Lipinski definition) is 2. The van der Waals surface area contributed by atoms with Gasteiger partial charge in [-0.1, -0.05) is 12.5 Å². The summed E-state index contributed by atoms with van der Waals surface area (Å²) < 4.78 is 0. The fourth-order valence-electron chi connectivity index (χ4n) is 1.24. The predicted molar refractivity (Wildman–Crippen MR) is 41.3 cm³/mol. The normalized spacial score (nSPS) is 19.5. The van der Waals surface area contributed by atoms with Crippen LogP contribution in [0.25, 0.3) is 0 Å². The van der Waals surface area contributed by atoms with Crippen molar-refractivity contribution in [3.05, 3.63) is 11.8 Å². The summed E-state index contributed by atoms with van der Waals surface area (Å²) in [5.41, 5.74) is 4.14. The Morgan fingerprint density at radius 2 is 2.30 bits per heavy atom. The van der Waals surface area contributed by atoms with Gasteiger partial charge in [-0.15, -0.1) is 0 Å². The molecule has 0 spiro atoms. The molecule has 1 N–H and O–H groups in total. The SMILES string of the molecule is CONC1=CCCCCC1. The van der Waals surface area contributed by atoms with Gasteiger partial charge in [-0.3, -0.25) is 10.3 Å². The lowest BCUT2D eigenvalue weighted by Crippen LogP contribution is -2.10. The maximum Gasteiger partial charge on any atom is 0.0636 e. The van der Waals surface area contributed by atoms with Crippen molar-refractivity contribution in [1.29, 1.82) is 0 Å². The lowest BCUT2D eigenvalue weighted by molar-refractivity contribution is 0.114. The van der Waals surface area contributed by atoms with Crippen LogP contribution in [0.1, 0.15) is 32.1 Å². The van der Waals surface area contributed by atoms with Crippen LogP contribution < -0.4 is 5.48 Å². The Kier molecular flexibility index (Phi) is 3.30. The molecule has 0 radical (unpaired) electrons. The zero-order valence-corrected chi connectivity index (χ0v) is 6.52. The van der Waals surface area contributed by atoms with Crippen LogP contribution in [-0.4, -0.2) is 7.11 Å². The summed E-state index contributed by atoms with van der Waals surface area (Å²) in [5.74, 6) is 0. The highest BCUT2D eigenvalue weighted by Crippen LogP contribution is 2.14. The average Bonchev–Trinajstić information content (AvgIpc) is 2.17. The molecule has 0 unspecified atom stereocenters. The van der Waals surface area contributed by atoms with Crippen LogP contribution >= 0.6 is 0 Å². The summed E-state index contributed by atoms with van der Waals surface area (Å²) in [6.07, 6.45) is 8.55. The summed E-state index contributed by atoms with van der Waals surface area (Å²) >= 11 is 0. The number of nitrogens with one attached hydrogen (secondary N) is 1. The van der Waals surface area contributed by atoms with Gasteiger partial charge in [-0.2, -0.15) is 0 Å². The third kappa shape index (κ3) is 2.40. The molecule has 1 aliphatic carbocycles. The van der Waals surface area contributed by atoms with Crippen molar-refractivity contribution in [2.45, 2.75) is 32.1 Å². The standard InChI is InChI=1S/C8H15NO/c1-10-9-8-6-4-2-3-5-7-8/h6,9H,2-5,7H2,1H3. The second-order valence-corrected chi connectivity index (χ2v) is 2.63. The van der Waals surface area contributed by atoms with Gasteiger partial charge < -0.3 is 0 Å². The van der Waals surface area contributed by atoms with Crippen molar-refractivity contribution < 1.29 is 4.84 Å². The summed E-state index contributed by atoms with van der Waals surface area (Å²) in [4.78, 5) is 4.82. The smallest absolute Gasteiger partial charge is 0.0636 e. The van der Waals surface area contributed by atoms with Crippen molar-refractivity contribution in [2.75, 3.05) is 7.11 Å². The fraction of sp³-hybridized carbons (Fsp3) is 0.750. The number of hydrogen-bond donors (Lipinski definition) is 1. The van der Waals surface area contributed by atoms with E-state index in [9.17, 15) is 0 Å². The molecule has 0 saturated carbocycles. The maximum atomic E-state index is 4.82. The van der Waals surface area contributed by atoms with Crippen molar-refractivity contribution in [3.63, 3.8) is 0 Å². The van der Waals surface area contributed by atoms with Gasteiger partial charge in [-0.05, 0) is 25.7 Å². The van der Waals surface area contributed by atoms with Crippen molar-refractivity contribution >= 4 is 0 Å². The predicted octanol–water partition coefficient (Wildman–Crippen LogP) is 1.99. The molecule has 0 bridgehead atoms. The first-order valence-electron chi connectivity index (χ1n) is 3.91. The molecule has 10 heavy (non-hydrogen) atoms. The molecule has 1 aliphatic rings. The van der Waals surface area contributed by atoms with E-state index in [-0.39, 0.29) is 0 Å². The van der Waals surface area contributed by atoms with E-state index in [1.54, 1.807) is 7.11 Å². The second-order valence-electron chi connectivity index (χ2n) is 2.63. The largest absolute Gasteiger partial charge is 0.280 e. The van der Waals surface area contributed by atoms with Gasteiger partial charge in [0.2, 0.25) is 0 Å². The molecule has 2 nitrogen and oxygen atoms in total. The molecule has 1 rings (SSSR count). The molecule has 0 saturated heterocycles. The Bertz CT molecular complexity index is 120. The molecule has 0 amide bonds. The van der Waals surface area contributed by atoms with Gasteiger partial charge in [0.15, 0.2) is 0 Å². The van der Waals surface area contributed by atoms with Crippen LogP contribution in [0.5, 0.6) is 0 Å². The minimum atomic E-state index is 1.15. The van der Waals surface area contributed by atoms with E-state index < -0.39 is 0 Å².